The highest BCUT2D eigenvalue weighted by atomic mass is 32.2. The van der Waals surface area contributed by atoms with Gasteiger partial charge in [-0.05, 0) is 36.8 Å². The lowest BCUT2D eigenvalue weighted by atomic mass is 10.1. The van der Waals surface area contributed by atoms with E-state index >= 15 is 0 Å². The third kappa shape index (κ3) is 2.56. The maximum absolute atomic E-state index is 13.5. The Balaban J connectivity index is 2.03. The van der Waals surface area contributed by atoms with Crippen molar-refractivity contribution in [3.8, 4) is 0 Å². The topological polar surface area (TPSA) is 86.2 Å². The molecule has 0 aromatic heterocycles. The third-order valence-electron chi connectivity index (χ3n) is 4.55. The Morgan fingerprint density at radius 2 is 1.83 bits per heavy atom. The van der Waals surface area contributed by atoms with Gasteiger partial charge in [0.25, 0.3) is 0 Å². The van der Waals surface area contributed by atoms with Crippen molar-refractivity contribution in [2.45, 2.75) is 28.5 Å². The van der Waals surface area contributed by atoms with Gasteiger partial charge in [0.15, 0.2) is 9.84 Å². The van der Waals surface area contributed by atoms with E-state index in [0.717, 1.165) is 5.56 Å². The molecule has 6 heteroatoms. The first-order valence-corrected chi connectivity index (χ1v) is 8.90. The van der Waals surface area contributed by atoms with Crippen molar-refractivity contribution >= 4 is 9.84 Å². The summed E-state index contributed by atoms with van der Waals surface area (Å²) in [6, 6.07) is 12.5. The van der Waals surface area contributed by atoms with Gasteiger partial charge in [-0.25, -0.2) is 12.8 Å². The molecule has 4 nitrogen and oxygen atoms in total. The SMILES string of the molecule is Cc1ccc(S(=O)(=O)[C@@H]2[C@@H](c3cccc(F)c3)[C@]2(N)CN)cc1. The number of aryl methyl sites for hydroxylation is 1. The summed E-state index contributed by atoms with van der Waals surface area (Å²) >= 11 is 0. The molecule has 3 atom stereocenters. The quantitative estimate of drug-likeness (QED) is 0.891. The minimum Gasteiger partial charge on any atom is -0.329 e. The molecule has 0 heterocycles. The largest absolute Gasteiger partial charge is 0.329 e. The Labute approximate surface area is 135 Å². The Kier molecular flexibility index (Phi) is 3.78. The summed E-state index contributed by atoms with van der Waals surface area (Å²) in [6.45, 7) is 1.90. The number of nitrogens with two attached hydrogens (primary N) is 2. The zero-order valence-electron chi connectivity index (χ0n) is 12.7. The van der Waals surface area contributed by atoms with Crippen LogP contribution in [0.25, 0.3) is 0 Å². The molecule has 0 unspecified atom stereocenters. The van der Waals surface area contributed by atoms with Crippen molar-refractivity contribution in [3.05, 3.63) is 65.5 Å². The highest BCUT2D eigenvalue weighted by Gasteiger charge is 2.68. The molecule has 4 N–H and O–H groups in total. The second-order valence-electron chi connectivity index (χ2n) is 6.13. The van der Waals surface area contributed by atoms with Crippen LogP contribution in [0.4, 0.5) is 4.39 Å². The Morgan fingerprint density at radius 3 is 2.39 bits per heavy atom. The van der Waals surface area contributed by atoms with Crippen LogP contribution in [0.5, 0.6) is 0 Å². The second kappa shape index (κ2) is 5.40. The molecule has 3 rings (SSSR count). The van der Waals surface area contributed by atoms with E-state index in [2.05, 4.69) is 0 Å². The molecule has 0 bridgehead atoms. The maximum atomic E-state index is 13.5. The van der Waals surface area contributed by atoms with Gasteiger partial charge in [-0.1, -0.05) is 29.8 Å². The molecule has 0 aliphatic heterocycles. The molecule has 0 amide bonds. The number of hydrogen-bond donors (Lipinski definition) is 2. The van der Waals surface area contributed by atoms with Crippen LogP contribution in [0.3, 0.4) is 0 Å². The summed E-state index contributed by atoms with van der Waals surface area (Å²) in [5, 5.41) is -0.843. The van der Waals surface area contributed by atoms with Gasteiger partial charge in [-0.2, -0.15) is 0 Å². The van der Waals surface area contributed by atoms with E-state index in [1.165, 1.54) is 12.1 Å². The van der Waals surface area contributed by atoms with Crippen molar-refractivity contribution in [1.82, 2.24) is 0 Å². The number of halogens is 1. The van der Waals surface area contributed by atoms with Crippen LogP contribution in [0.2, 0.25) is 0 Å². The molecule has 0 spiro atoms. The van der Waals surface area contributed by atoms with Gasteiger partial charge in [0.05, 0.1) is 15.7 Å². The van der Waals surface area contributed by atoms with Crippen LogP contribution < -0.4 is 11.5 Å². The fourth-order valence-corrected chi connectivity index (χ4v) is 5.51. The number of hydrogen-bond acceptors (Lipinski definition) is 4. The van der Waals surface area contributed by atoms with E-state index in [4.69, 9.17) is 11.5 Å². The van der Waals surface area contributed by atoms with Crippen molar-refractivity contribution in [2.24, 2.45) is 11.5 Å². The van der Waals surface area contributed by atoms with Gasteiger partial charge < -0.3 is 11.5 Å². The Hall–Kier alpha value is -1.76. The van der Waals surface area contributed by atoms with Crippen LogP contribution in [-0.2, 0) is 9.84 Å². The van der Waals surface area contributed by atoms with Crippen LogP contribution in [0, 0.1) is 12.7 Å². The predicted molar refractivity (Wildman–Crippen MR) is 87.3 cm³/mol. The summed E-state index contributed by atoms with van der Waals surface area (Å²) in [4.78, 5) is 0.218. The molecule has 0 saturated heterocycles. The first-order chi connectivity index (χ1) is 10.8. The van der Waals surface area contributed by atoms with Gasteiger partial charge >= 0.3 is 0 Å². The lowest BCUT2D eigenvalue weighted by Crippen LogP contribution is -2.39. The van der Waals surface area contributed by atoms with E-state index in [0.29, 0.717) is 5.56 Å². The molecular formula is C17H19FN2O2S. The lowest BCUT2D eigenvalue weighted by molar-refractivity contribution is 0.586. The molecular weight excluding hydrogens is 315 g/mol. The van der Waals surface area contributed by atoms with E-state index in [1.807, 2.05) is 6.92 Å². The lowest BCUT2D eigenvalue weighted by Gasteiger charge is -2.09. The smallest absolute Gasteiger partial charge is 0.183 e. The van der Waals surface area contributed by atoms with Crippen molar-refractivity contribution in [2.75, 3.05) is 6.54 Å². The van der Waals surface area contributed by atoms with Gasteiger partial charge in [-0.15, -0.1) is 0 Å². The number of benzene rings is 2. The molecule has 2 aromatic rings. The monoisotopic (exact) mass is 334 g/mol. The standard InChI is InChI=1S/C17H19FN2O2S/c1-11-5-7-14(8-6-11)23(21,22)16-15(17(16,20)10-19)12-3-2-4-13(18)9-12/h2-9,15-16H,10,19-20H2,1H3/t15-,16-,17-/m1/s1. The van der Waals surface area contributed by atoms with Gasteiger partial charge in [0, 0.05) is 12.5 Å². The first kappa shape index (κ1) is 16.1. The fourth-order valence-electron chi connectivity index (χ4n) is 3.19. The summed E-state index contributed by atoms with van der Waals surface area (Å²) in [6.07, 6.45) is 0. The summed E-state index contributed by atoms with van der Waals surface area (Å²) in [5.41, 5.74) is 12.5. The summed E-state index contributed by atoms with van der Waals surface area (Å²) < 4.78 is 39.3. The highest BCUT2D eigenvalue weighted by Crippen LogP contribution is 2.55. The van der Waals surface area contributed by atoms with Crippen molar-refractivity contribution in [1.29, 1.82) is 0 Å². The van der Waals surface area contributed by atoms with Crippen molar-refractivity contribution in [3.63, 3.8) is 0 Å². The van der Waals surface area contributed by atoms with Gasteiger partial charge in [-0.3, -0.25) is 0 Å². The van der Waals surface area contributed by atoms with Crippen LogP contribution in [0.1, 0.15) is 17.0 Å². The molecule has 1 aliphatic rings. The average molecular weight is 334 g/mol. The highest BCUT2D eigenvalue weighted by molar-refractivity contribution is 7.92. The van der Waals surface area contributed by atoms with Crippen molar-refractivity contribution < 1.29 is 12.8 Å². The Morgan fingerprint density at radius 1 is 1.17 bits per heavy atom. The van der Waals surface area contributed by atoms with E-state index < -0.39 is 32.4 Å². The average Bonchev–Trinajstić information content (AvgIpc) is 3.15. The minimum atomic E-state index is -3.64. The normalized spacial score (nSPS) is 27.0. The third-order valence-corrected chi connectivity index (χ3v) is 6.86. The van der Waals surface area contributed by atoms with E-state index in [1.54, 1.807) is 36.4 Å². The molecule has 1 aliphatic carbocycles. The number of sulfone groups is 1. The van der Waals surface area contributed by atoms with E-state index in [9.17, 15) is 12.8 Å². The predicted octanol–water partition coefficient (Wildman–Crippen LogP) is 1.73. The minimum absolute atomic E-state index is 0.0178. The molecule has 0 radical (unpaired) electrons. The van der Waals surface area contributed by atoms with Gasteiger partial charge in [0.1, 0.15) is 5.82 Å². The fraction of sp³-hybridized carbons (Fsp3) is 0.294. The maximum Gasteiger partial charge on any atom is 0.183 e. The molecule has 1 fully saturated rings. The second-order valence-corrected chi connectivity index (χ2v) is 8.20. The van der Waals surface area contributed by atoms with Crippen LogP contribution in [0.15, 0.2) is 53.4 Å². The zero-order chi connectivity index (χ0) is 16.8. The summed E-state index contributed by atoms with van der Waals surface area (Å²) in [7, 11) is -3.64. The first-order valence-electron chi connectivity index (χ1n) is 7.35. The number of rotatable bonds is 4. The molecule has 2 aromatic carbocycles. The van der Waals surface area contributed by atoms with Crippen LogP contribution >= 0.6 is 0 Å². The molecule has 23 heavy (non-hydrogen) atoms. The zero-order valence-corrected chi connectivity index (χ0v) is 13.6. The Bertz CT molecular complexity index is 836. The molecule has 1 saturated carbocycles. The summed E-state index contributed by atoms with van der Waals surface area (Å²) in [5.74, 6) is -0.922. The van der Waals surface area contributed by atoms with E-state index in [-0.39, 0.29) is 11.4 Å². The van der Waals surface area contributed by atoms with Gasteiger partial charge in [0.2, 0.25) is 0 Å². The van der Waals surface area contributed by atoms with Crippen LogP contribution in [-0.4, -0.2) is 25.8 Å². The molecule has 122 valence electrons.